The maximum absolute atomic E-state index is 14.5. The average Bonchev–Trinajstić information content (AvgIpc) is 3.32. The molecule has 4 aromatic rings. The van der Waals surface area contributed by atoms with E-state index in [1.807, 2.05) is 48.7 Å². The average molecular weight is 539 g/mol. The number of likely N-dealkylation sites (N-methyl/N-ethyl adjacent to an activating group) is 1. The third-order valence-electron chi connectivity index (χ3n) is 7.41. The van der Waals surface area contributed by atoms with E-state index in [1.54, 1.807) is 25.1 Å². The van der Waals surface area contributed by atoms with Crippen LogP contribution in [0.4, 0.5) is 4.39 Å². The number of carbonyl (C=O) groups excluding carboxylic acids is 1. The maximum Gasteiger partial charge on any atom is 0.245 e. The Kier molecular flexibility index (Phi) is 8.69. The highest BCUT2D eigenvalue weighted by molar-refractivity contribution is 6.01. The minimum absolute atomic E-state index is 0.00323. The van der Waals surface area contributed by atoms with E-state index < -0.39 is 5.95 Å². The van der Waals surface area contributed by atoms with Gasteiger partial charge in [-0.3, -0.25) is 9.89 Å². The van der Waals surface area contributed by atoms with Crippen LogP contribution in [0, 0.1) is 11.9 Å². The van der Waals surface area contributed by atoms with Gasteiger partial charge in [0.25, 0.3) is 0 Å². The van der Waals surface area contributed by atoms with Gasteiger partial charge in [0.2, 0.25) is 17.7 Å². The Bertz CT molecular complexity index is 1500. The first-order valence-corrected chi connectivity index (χ1v) is 13.9. The van der Waals surface area contributed by atoms with Crippen molar-refractivity contribution >= 4 is 28.0 Å². The lowest BCUT2D eigenvalue weighted by atomic mass is 9.73. The second-order valence-corrected chi connectivity index (χ2v) is 10.4. The normalized spacial score (nSPS) is 14.3. The highest BCUT2D eigenvalue weighted by Crippen LogP contribution is 2.45. The van der Waals surface area contributed by atoms with Crippen LogP contribution in [0.3, 0.4) is 0 Å². The Hall–Kier alpha value is -4.26. The van der Waals surface area contributed by atoms with E-state index in [2.05, 4.69) is 39.4 Å². The second kappa shape index (κ2) is 12.7. The molecule has 0 spiro atoms. The van der Waals surface area contributed by atoms with E-state index in [0.29, 0.717) is 29.3 Å². The number of carbonyl (C=O) groups is 1. The molecule has 2 heterocycles. The van der Waals surface area contributed by atoms with Crippen LogP contribution in [0.5, 0.6) is 5.88 Å². The summed E-state index contributed by atoms with van der Waals surface area (Å²) in [5.41, 5.74) is 6.03. The van der Waals surface area contributed by atoms with Gasteiger partial charge in [-0.05, 0) is 84.6 Å². The molecular formula is C33H35FN4O2. The molecule has 0 saturated heterocycles. The molecule has 40 heavy (non-hydrogen) atoms. The van der Waals surface area contributed by atoms with E-state index in [0.717, 1.165) is 48.8 Å². The molecule has 2 aromatic heterocycles. The molecule has 1 amide bonds. The third kappa shape index (κ3) is 6.30. The molecule has 1 fully saturated rings. The number of allylic oxidation sites excluding steroid dienone is 2. The number of halogens is 1. The van der Waals surface area contributed by atoms with Gasteiger partial charge in [0.05, 0.1) is 17.5 Å². The lowest BCUT2D eigenvalue weighted by Crippen LogP contribution is -2.18. The van der Waals surface area contributed by atoms with Crippen molar-refractivity contribution in [1.82, 2.24) is 20.1 Å². The lowest BCUT2D eigenvalue weighted by Gasteiger charge is -2.31. The molecule has 1 N–H and O–H groups in total. The van der Waals surface area contributed by atoms with Gasteiger partial charge in [-0.15, -0.1) is 0 Å². The van der Waals surface area contributed by atoms with Crippen molar-refractivity contribution in [2.24, 2.45) is 5.92 Å². The van der Waals surface area contributed by atoms with Gasteiger partial charge in [-0.25, -0.2) is 4.98 Å². The van der Waals surface area contributed by atoms with Crippen LogP contribution in [-0.2, 0) is 4.79 Å². The predicted octanol–water partition coefficient (Wildman–Crippen LogP) is 7.05. The van der Waals surface area contributed by atoms with Gasteiger partial charge < -0.3 is 9.64 Å². The van der Waals surface area contributed by atoms with Crippen molar-refractivity contribution in [3.05, 3.63) is 102 Å². The number of hydrogen-bond donors (Lipinski definition) is 1. The Morgan fingerprint density at radius 3 is 2.55 bits per heavy atom. The number of amides is 1. The number of benzene rings is 2. The molecule has 1 saturated carbocycles. The summed E-state index contributed by atoms with van der Waals surface area (Å²) in [6.45, 7) is 0.554. The van der Waals surface area contributed by atoms with Gasteiger partial charge in [-0.2, -0.15) is 9.49 Å². The number of hydrogen-bond acceptors (Lipinski definition) is 4. The topological polar surface area (TPSA) is 71.1 Å². The summed E-state index contributed by atoms with van der Waals surface area (Å²) < 4.78 is 20.4. The number of aromatic nitrogens is 3. The van der Waals surface area contributed by atoms with Gasteiger partial charge >= 0.3 is 0 Å². The Labute approximate surface area is 234 Å². The van der Waals surface area contributed by atoms with Gasteiger partial charge in [-0.1, -0.05) is 48.9 Å². The van der Waals surface area contributed by atoms with Crippen LogP contribution in [0.2, 0.25) is 0 Å². The summed E-state index contributed by atoms with van der Waals surface area (Å²) in [6, 6.07) is 20.2. The highest BCUT2D eigenvalue weighted by Gasteiger charge is 2.27. The first-order valence-electron chi connectivity index (χ1n) is 13.9. The number of fused-ring (bicyclic) bond motifs is 1. The smallest absolute Gasteiger partial charge is 0.245 e. The SMILES string of the molecule is CN(C)C(=O)/C=C/CCCCOc1ccc(/C(=C(\c2ccccc2)C2CCC2)c2ccc3n[nH]c(F)c3c2)cn1. The second-order valence-electron chi connectivity index (χ2n) is 10.4. The molecular weight excluding hydrogens is 503 g/mol. The zero-order valence-corrected chi connectivity index (χ0v) is 23.1. The quantitative estimate of drug-likeness (QED) is 0.126. The molecule has 2 aromatic carbocycles. The fraction of sp³-hybridized carbons (Fsp3) is 0.303. The fourth-order valence-electron chi connectivity index (χ4n) is 5.00. The van der Waals surface area contributed by atoms with E-state index in [-0.39, 0.29) is 5.91 Å². The van der Waals surface area contributed by atoms with E-state index in [4.69, 9.17) is 4.74 Å². The summed E-state index contributed by atoms with van der Waals surface area (Å²) >= 11 is 0. The van der Waals surface area contributed by atoms with Crippen LogP contribution in [0.25, 0.3) is 22.0 Å². The van der Waals surface area contributed by atoms with Gasteiger partial charge in [0.1, 0.15) is 0 Å². The summed E-state index contributed by atoms with van der Waals surface area (Å²) in [5, 5.41) is 7.00. The summed E-state index contributed by atoms with van der Waals surface area (Å²) in [6.07, 6.45) is 11.5. The number of ether oxygens (including phenoxy) is 1. The molecule has 1 aliphatic rings. The Morgan fingerprint density at radius 2 is 1.85 bits per heavy atom. The van der Waals surface area contributed by atoms with Crippen molar-refractivity contribution in [3.63, 3.8) is 0 Å². The Morgan fingerprint density at radius 1 is 1.05 bits per heavy atom. The standard InChI is InChI=1S/C33H35FN4O2/c1-38(2)30(39)15-8-3-4-9-20-40-29-19-17-26(22-35-29)32(25-16-18-28-27(21-25)33(34)37-36-28)31(24-13-10-14-24)23-11-6-5-7-12-23/h5-8,11-12,15-19,21-22,24H,3-4,9-10,13-14,20H2,1-2H3,(H,36,37)/b15-8+,32-31+. The molecule has 0 atom stereocenters. The lowest BCUT2D eigenvalue weighted by molar-refractivity contribution is -0.123. The number of rotatable bonds is 11. The fourth-order valence-corrected chi connectivity index (χ4v) is 5.00. The third-order valence-corrected chi connectivity index (χ3v) is 7.41. The van der Waals surface area contributed by atoms with Crippen molar-refractivity contribution in [1.29, 1.82) is 0 Å². The minimum Gasteiger partial charge on any atom is -0.478 e. The summed E-state index contributed by atoms with van der Waals surface area (Å²) in [4.78, 5) is 17.8. The Balaban J connectivity index is 1.39. The van der Waals surface area contributed by atoms with Crippen LogP contribution < -0.4 is 4.74 Å². The first kappa shape index (κ1) is 27.3. The molecule has 206 valence electrons. The number of unbranched alkanes of at least 4 members (excludes halogenated alkanes) is 2. The van der Waals surface area contributed by atoms with Crippen molar-refractivity contribution < 1.29 is 13.9 Å². The molecule has 0 aliphatic heterocycles. The van der Waals surface area contributed by atoms with E-state index in [9.17, 15) is 9.18 Å². The van der Waals surface area contributed by atoms with Crippen molar-refractivity contribution in [2.75, 3.05) is 20.7 Å². The monoisotopic (exact) mass is 538 g/mol. The largest absolute Gasteiger partial charge is 0.478 e. The number of H-pyrrole nitrogens is 1. The van der Waals surface area contributed by atoms with Crippen LogP contribution in [0.1, 0.15) is 55.2 Å². The van der Waals surface area contributed by atoms with Crippen molar-refractivity contribution in [3.8, 4) is 5.88 Å². The van der Waals surface area contributed by atoms with Crippen LogP contribution in [0.15, 0.2) is 79.0 Å². The van der Waals surface area contributed by atoms with Gasteiger partial charge in [0.15, 0.2) is 0 Å². The molecule has 0 unspecified atom stereocenters. The molecule has 0 radical (unpaired) electrons. The highest BCUT2D eigenvalue weighted by atomic mass is 19.1. The zero-order valence-electron chi connectivity index (χ0n) is 23.1. The number of nitrogens with zero attached hydrogens (tertiary/aromatic N) is 3. The number of pyridine rings is 1. The minimum atomic E-state index is -0.428. The maximum atomic E-state index is 14.5. The summed E-state index contributed by atoms with van der Waals surface area (Å²) in [5.74, 6) is 0.572. The van der Waals surface area contributed by atoms with E-state index >= 15 is 0 Å². The number of nitrogens with one attached hydrogen (secondary N) is 1. The predicted molar refractivity (Wildman–Crippen MR) is 157 cm³/mol. The molecule has 7 heteroatoms. The zero-order chi connectivity index (χ0) is 27.9. The number of aromatic amines is 1. The van der Waals surface area contributed by atoms with Gasteiger partial charge in [0, 0.05) is 31.9 Å². The van der Waals surface area contributed by atoms with Crippen LogP contribution >= 0.6 is 0 Å². The molecule has 6 nitrogen and oxygen atoms in total. The van der Waals surface area contributed by atoms with E-state index in [1.165, 1.54) is 17.6 Å². The first-order chi connectivity index (χ1) is 19.5. The summed E-state index contributed by atoms with van der Waals surface area (Å²) in [7, 11) is 3.48. The van der Waals surface area contributed by atoms with Crippen molar-refractivity contribution in [2.45, 2.75) is 38.5 Å². The van der Waals surface area contributed by atoms with Crippen LogP contribution in [-0.4, -0.2) is 46.7 Å². The molecule has 0 bridgehead atoms. The molecule has 1 aliphatic carbocycles. The molecule has 5 rings (SSSR count).